The number of anilines is 3. The maximum absolute atomic E-state index is 2.46. The van der Waals surface area contributed by atoms with Gasteiger partial charge in [0, 0.05) is 22.3 Å². The Morgan fingerprint density at radius 3 is 1.33 bits per heavy atom. The SMILES string of the molecule is c1ccc(-c2ccc(N(c3ccccc3)c3c(-c4ccccc4)c4ccccc4c4ccccc34)cc2-c2ccccc2)cc1. The van der Waals surface area contributed by atoms with Crippen LogP contribution in [0.5, 0.6) is 0 Å². The Morgan fingerprint density at radius 1 is 0.289 bits per heavy atom. The number of hydrogen-bond donors (Lipinski definition) is 0. The average molecular weight is 574 g/mol. The van der Waals surface area contributed by atoms with Gasteiger partial charge < -0.3 is 4.90 Å². The van der Waals surface area contributed by atoms with Crippen molar-refractivity contribution in [3.8, 4) is 33.4 Å². The molecular weight excluding hydrogens is 542 g/mol. The van der Waals surface area contributed by atoms with Crippen LogP contribution in [0.4, 0.5) is 17.1 Å². The maximum Gasteiger partial charge on any atom is 0.0624 e. The molecular formula is C44H31N. The lowest BCUT2D eigenvalue weighted by Crippen LogP contribution is -2.12. The predicted molar refractivity (Wildman–Crippen MR) is 192 cm³/mol. The Hall–Kier alpha value is -5.92. The van der Waals surface area contributed by atoms with Crippen LogP contribution < -0.4 is 4.90 Å². The monoisotopic (exact) mass is 573 g/mol. The summed E-state index contributed by atoms with van der Waals surface area (Å²) in [5, 5.41) is 4.95. The molecule has 1 heteroatoms. The van der Waals surface area contributed by atoms with Gasteiger partial charge in [-0.3, -0.25) is 0 Å². The van der Waals surface area contributed by atoms with Gasteiger partial charge in [0.1, 0.15) is 0 Å². The minimum atomic E-state index is 1.11. The van der Waals surface area contributed by atoms with Gasteiger partial charge in [0.2, 0.25) is 0 Å². The molecule has 1 nitrogen and oxygen atoms in total. The van der Waals surface area contributed by atoms with E-state index >= 15 is 0 Å². The summed E-state index contributed by atoms with van der Waals surface area (Å²) in [6, 6.07) is 67.6. The normalized spacial score (nSPS) is 11.1. The third kappa shape index (κ3) is 4.85. The van der Waals surface area contributed by atoms with Crippen LogP contribution in [0.15, 0.2) is 188 Å². The highest BCUT2D eigenvalue weighted by Crippen LogP contribution is 2.50. The number of rotatable bonds is 6. The van der Waals surface area contributed by atoms with Gasteiger partial charge in [-0.25, -0.2) is 0 Å². The van der Waals surface area contributed by atoms with E-state index in [1.54, 1.807) is 0 Å². The van der Waals surface area contributed by atoms with Crippen molar-refractivity contribution in [1.29, 1.82) is 0 Å². The van der Waals surface area contributed by atoms with Crippen LogP contribution in [-0.4, -0.2) is 0 Å². The van der Waals surface area contributed by atoms with Crippen molar-refractivity contribution in [3.63, 3.8) is 0 Å². The van der Waals surface area contributed by atoms with Crippen LogP contribution in [0.2, 0.25) is 0 Å². The molecule has 0 heterocycles. The summed E-state index contributed by atoms with van der Waals surface area (Å²) in [4.78, 5) is 2.46. The van der Waals surface area contributed by atoms with E-state index in [1.165, 1.54) is 60.6 Å². The first-order valence-electron chi connectivity index (χ1n) is 15.5. The molecule has 0 aliphatic heterocycles. The largest absolute Gasteiger partial charge is 0.309 e. The second-order valence-corrected chi connectivity index (χ2v) is 11.3. The molecule has 0 radical (unpaired) electrons. The Kier molecular flexibility index (Phi) is 6.90. The molecule has 0 aliphatic carbocycles. The van der Waals surface area contributed by atoms with Crippen molar-refractivity contribution in [2.24, 2.45) is 0 Å². The molecule has 0 bridgehead atoms. The van der Waals surface area contributed by atoms with Gasteiger partial charge in [-0.1, -0.05) is 164 Å². The summed E-state index contributed by atoms with van der Waals surface area (Å²) in [5.74, 6) is 0. The third-order valence-electron chi connectivity index (χ3n) is 8.64. The lowest BCUT2D eigenvalue weighted by Gasteiger charge is -2.31. The number of benzene rings is 8. The van der Waals surface area contributed by atoms with Crippen LogP contribution in [-0.2, 0) is 0 Å². The van der Waals surface area contributed by atoms with E-state index in [4.69, 9.17) is 0 Å². The number of fused-ring (bicyclic) bond motifs is 3. The van der Waals surface area contributed by atoms with Gasteiger partial charge in [0.25, 0.3) is 0 Å². The quantitative estimate of drug-likeness (QED) is 0.179. The minimum Gasteiger partial charge on any atom is -0.309 e. The highest BCUT2D eigenvalue weighted by molar-refractivity contribution is 6.22. The van der Waals surface area contributed by atoms with Crippen LogP contribution in [0.3, 0.4) is 0 Å². The Bertz CT molecular complexity index is 2240. The summed E-state index contributed by atoms with van der Waals surface area (Å²) in [6.45, 7) is 0. The number of hydrogen-bond acceptors (Lipinski definition) is 1. The standard InChI is InChI=1S/C44H31N/c1-5-17-32(18-6-1)37-30-29-36(31-42(37)33-19-7-2-8-20-33)45(35-23-11-4-12-24-35)44-41-28-16-14-26-39(41)38-25-13-15-27-40(38)43(44)34-21-9-3-10-22-34/h1-31H. The van der Waals surface area contributed by atoms with Crippen molar-refractivity contribution in [2.45, 2.75) is 0 Å². The van der Waals surface area contributed by atoms with E-state index in [2.05, 4.69) is 193 Å². The molecule has 0 spiro atoms. The minimum absolute atomic E-state index is 1.11. The first-order valence-corrected chi connectivity index (χ1v) is 15.5. The molecule has 45 heavy (non-hydrogen) atoms. The molecule has 0 aliphatic rings. The summed E-state index contributed by atoms with van der Waals surface area (Å²) >= 11 is 0. The lowest BCUT2D eigenvalue weighted by atomic mass is 9.89. The average Bonchev–Trinajstić information content (AvgIpc) is 3.13. The van der Waals surface area contributed by atoms with Gasteiger partial charge in [0.05, 0.1) is 5.69 Å². The molecule has 8 aromatic carbocycles. The number of nitrogens with zero attached hydrogens (tertiary/aromatic N) is 1. The first kappa shape index (κ1) is 26.7. The first-order chi connectivity index (χ1) is 22.4. The molecule has 8 aromatic rings. The molecule has 212 valence electrons. The zero-order chi connectivity index (χ0) is 30.0. The van der Waals surface area contributed by atoms with Gasteiger partial charge in [-0.05, 0) is 68.2 Å². The Morgan fingerprint density at radius 2 is 0.733 bits per heavy atom. The summed E-state index contributed by atoms with van der Waals surface area (Å²) < 4.78 is 0. The molecule has 0 fully saturated rings. The number of para-hydroxylation sites is 1. The van der Waals surface area contributed by atoms with Crippen LogP contribution >= 0.6 is 0 Å². The summed E-state index contributed by atoms with van der Waals surface area (Å²) in [6.07, 6.45) is 0. The van der Waals surface area contributed by atoms with Crippen LogP contribution in [0, 0.1) is 0 Å². The molecule has 0 atom stereocenters. The van der Waals surface area contributed by atoms with E-state index < -0.39 is 0 Å². The van der Waals surface area contributed by atoms with Gasteiger partial charge in [-0.2, -0.15) is 0 Å². The molecule has 0 saturated heterocycles. The molecule has 0 saturated carbocycles. The smallest absolute Gasteiger partial charge is 0.0624 e. The highest BCUT2D eigenvalue weighted by atomic mass is 15.1. The van der Waals surface area contributed by atoms with Crippen molar-refractivity contribution in [1.82, 2.24) is 0 Å². The fourth-order valence-electron chi connectivity index (χ4n) is 6.63. The maximum atomic E-state index is 2.46. The van der Waals surface area contributed by atoms with Crippen LogP contribution in [0.1, 0.15) is 0 Å². The van der Waals surface area contributed by atoms with E-state index in [1.807, 2.05) is 0 Å². The van der Waals surface area contributed by atoms with E-state index in [-0.39, 0.29) is 0 Å². The fourth-order valence-corrected chi connectivity index (χ4v) is 6.63. The summed E-state index contributed by atoms with van der Waals surface area (Å²) in [7, 11) is 0. The molecule has 0 unspecified atom stereocenters. The molecule has 0 aromatic heterocycles. The zero-order valence-corrected chi connectivity index (χ0v) is 24.8. The zero-order valence-electron chi connectivity index (χ0n) is 24.8. The third-order valence-corrected chi connectivity index (χ3v) is 8.64. The summed E-state index contributed by atoms with van der Waals surface area (Å²) in [5.41, 5.74) is 10.6. The molecule has 8 rings (SSSR count). The predicted octanol–water partition coefficient (Wildman–Crippen LogP) is 12.5. The van der Waals surface area contributed by atoms with Crippen molar-refractivity contribution >= 4 is 38.6 Å². The van der Waals surface area contributed by atoms with Crippen molar-refractivity contribution < 1.29 is 0 Å². The Balaban J connectivity index is 1.50. The van der Waals surface area contributed by atoms with E-state index in [0.29, 0.717) is 0 Å². The van der Waals surface area contributed by atoms with Gasteiger partial charge >= 0.3 is 0 Å². The van der Waals surface area contributed by atoms with Gasteiger partial charge in [-0.15, -0.1) is 0 Å². The molecule has 0 N–H and O–H groups in total. The van der Waals surface area contributed by atoms with E-state index in [9.17, 15) is 0 Å². The fraction of sp³-hybridized carbons (Fsp3) is 0. The highest BCUT2D eigenvalue weighted by Gasteiger charge is 2.24. The second-order valence-electron chi connectivity index (χ2n) is 11.3. The Labute approximate surface area is 264 Å². The van der Waals surface area contributed by atoms with Gasteiger partial charge in [0.15, 0.2) is 0 Å². The molecule has 0 amide bonds. The second kappa shape index (κ2) is 11.6. The van der Waals surface area contributed by atoms with Crippen molar-refractivity contribution in [3.05, 3.63) is 188 Å². The lowest BCUT2D eigenvalue weighted by molar-refractivity contribution is 1.30. The topological polar surface area (TPSA) is 3.24 Å². The van der Waals surface area contributed by atoms with Crippen molar-refractivity contribution in [2.75, 3.05) is 4.90 Å². The van der Waals surface area contributed by atoms with Crippen LogP contribution in [0.25, 0.3) is 54.9 Å². The van der Waals surface area contributed by atoms with E-state index in [0.717, 1.165) is 11.4 Å².